The van der Waals surface area contributed by atoms with Gasteiger partial charge in [-0.1, -0.05) is 36.4 Å². The Morgan fingerprint density at radius 1 is 0.795 bits per heavy atom. The van der Waals surface area contributed by atoms with Crippen molar-refractivity contribution in [3.8, 4) is 39.6 Å². The van der Waals surface area contributed by atoms with Crippen LogP contribution >= 0.6 is 11.3 Å². The number of fused-ring (bicyclic) bond motifs is 2. The summed E-state index contributed by atoms with van der Waals surface area (Å²) in [7, 11) is 4.82. The molecule has 3 aromatic carbocycles. The Bertz CT molecular complexity index is 1710. The largest absolute Gasteiger partial charge is 0.496 e. The van der Waals surface area contributed by atoms with Crippen molar-refractivity contribution >= 4 is 27.3 Å². The maximum Gasteiger partial charge on any atom is 0.294 e. The predicted octanol–water partition coefficient (Wildman–Crippen LogP) is 6.39. The zero-order valence-corrected chi connectivity index (χ0v) is 22.4. The van der Waals surface area contributed by atoms with E-state index in [0.717, 1.165) is 16.5 Å². The monoisotopic (exact) mass is 543 g/mol. The summed E-state index contributed by atoms with van der Waals surface area (Å²) in [5, 5.41) is 5.68. The minimum absolute atomic E-state index is 0.304. The molecular formula is C29H25N3O6S. The van der Waals surface area contributed by atoms with E-state index in [1.807, 2.05) is 66.7 Å². The highest BCUT2D eigenvalue weighted by Gasteiger charge is 2.17. The molecule has 198 valence electrons. The fourth-order valence-electron chi connectivity index (χ4n) is 4.15. The Morgan fingerprint density at radius 2 is 1.62 bits per heavy atom. The molecular weight excluding hydrogens is 518 g/mol. The molecule has 39 heavy (non-hydrogen) atoms. The Kier molecular flexibility index (Phi) is 6.68. The van der Waals surface area contributed by atoms with E-state index in [2.05, 4.69) is 10.1 Å². The molecule has 0 atom stereocenters. The molecule has 0 aliphatic heterocycles. The van der Waals surface area contributed by atoms with Gasteiger partial charge in [0.25, 0.3) is 5.19 Å². The van der Waals surface area contributed by atoms with Crippen LogP contribution in [0.3, 0.4) is 0 Å². The van der Waals surface area contributed by atoms with E-state index >= 15 is 0 Å². The summed E-state index contributed by atoms with van der Waals surface area (Å²) in [6.07, 6.45) is 1.80. The van der Waals surface area contributed by atoms with Crippen molar-refractivity contribution in [1.82, 2.24) is 14.6 Å². The van der Waals surface area contributed by atoms with Crippen LogP contribution in [0.1, 0.15) is 11.1 Å². The Balaban J connectivity index is 1.25. The maximum absolute atomic E-state index is 6.27. The molecule has 3 aromatic heterocycles. The van der Waals surface area contributed by atoms with Gasteiger partial charge >= 0.3 is 0 Å². The number of hydrogen-bond donors (Lipinski definition) is 0. The third-order valence-electron chi connectivity index (χ3n) is 6.12. The van der Waals surface area contributed by atoms with E-state index in [9.17, 15) is 0 Å². The summed E-state index contributed by atoms with van der Waals surface area (Å²) in [6, 6.07) is 21.3. The van der Waals surface area contributed by atoms with E-state index in [0.29, 0.717) is 63.4 Å². The lowest BCUT2D eigenvalue weighted by Crippen LogP contribution is -2.01. The van der Waals surface area contributed by atoms with Gasteiger partial charge in [-0.05, 0) is 40.7 Å². The lowest BCUT2D eigenvalue weighted by atomic mass is 10.2. The molecule has 0 bridgehead atoms. The van der Waals surface area contributed by atoms with Gasteiger partial charge in [0.05, 0.1) is 32.9 Å². The van der Waals surface area contributed by atoms with Crippen LogP contribution in [0.2, 0.25) is 0 Å². The zero-order valence-electron chi connectivity index (χ0n) is 21.5. The number of benzene rings is 3. The lowest BCUT2D eigenvalue weighted by molar-refractivity contribution is 0.280. The second kappa shape index (κ2) is 10.6. The summed E-state index contributed by atoms with van der Waals surface area (Å²) in [6.45, 7) is 0.738. The highest BCUT2D eigenvalue weighted by molar-refractivity contribution is 7.18. The first kappa shape index (κ1) is 24.6. The second-order valence-corrected chi connectivity index (χ2v) is 9.54. The molecule has 6 aromatic rings. The summed E-state index contributed by atoms with van der Waals surface area (Å²) in [4.78, 5) is 5.33. The number of rotatable bonds is 10. The molecule has 3 heterocycles. The molecule has 0 N–H and O–H groups in total. The van der Waals surface area contributed by atoms with Gasteiger partial charge in [-0.15, -0.1) is 5.10 Å². The van der Waals surface area contributed by atoms with Crippen molar-refractivity contribution in [3.63, 3.8) is 0 Å². The molecule has 10 heteroatoms. The van der Waals surface area contributed by atoms with Crippen LogP contribution < -0.4 is 23.7 Å². The van der Waals surface area contributed by atoms with Crippen molar-refractivity contribution < 1.29 is 28.1 Å². The molecule has 0 fully saturated rings. The average Bonchev–Trinajstić information content (AvgIpc) is 3.68. The van der Waals surface area contributed by atoms with E-state index in [1.165, 1.54) is 11.3 Å². The van der Waals surface area contributed by atoms with Gasteiger partial charge in [0, 0.05) is 12.1 Å². The normalized spacial score (nSPS) is 11.2. The zero-order chi connectivity index (χ0) is 26.8. The highest BCUT2D eigenvalue weighted by atomic mass is 32.1. The summed E-state index contributed by atoms with van der Waals surface area (Å²) < 4.78 is 36.3. The molecule has 0 radical (unpaired) electrons. The fourth-order valence-corrected chi connectivity index (χ4v) is 4.85. The van der Waals surface area contributed by atoms with Crippen LogP contribution in [0.15, 0.2) is 77.3 Å². The molecule has 6 rings (SSSR count). The van der Waals surface area contributed by atoms with Gasteiger partial charge in [-0.3, -0.25) is 0 Å². The fraction of sp³-hybridized carbons (Fsp3) is 0.172. The van der Waals surface area contributed by atoms with Crippen LogP contribution in [0.4, 0.5) is 0 Å². The minimum Gasteiger partial charge on any atom is -0.496 e. The van der Waals surface area contributed by atoms with Crippen molar-refractivity contribution in [2.75, 3.05) is 21.3 Å². The van der Waals surface area contributed by atoms with Crippen molar-refractivity contribution in [3.05, 3.63) is 84.1 Å². The minimum atomic E-state index is 0.304. The quantitative estimate of drug-likeness (QED) is 0.196. The van der Waals surface area contributed by atoms with Gasteiger partial charge in [0.15, 0.2) is 17.3 Å². The van der Waals surface area contributed by atoms with Gasteiger partial charge < -0.3 is 28.1 Å². The molecule has 0 saturated carbocycles. The number of nitrogens with zero attached hydrogens (tertiary/aromatic N) is 3. The summed E-state index contributed by atoms with van der Waals surface area (Å²) in [5.41, 5.74) is 3.28. The van der Waals surface area contributed by atoms with E-state index in [4.69, 9.17) is 28.1 Å². The summed E-state index contributed by atoms with van der Waals surface area (Å²) in [5.74, 6) is 3.15. The van der Waals surface area contributed by atoms with Gasteiger partial charge in [0.2, 0.25) is 4.96 Å². The first-order valence-electron chi connectivity index (χ1n) is 12.1. The number of methoxy groups -OCH3 is 3. The average molecular weight is 544 g/mol. The number of furan rings is 1. The lowest BCUT2D eigenvalue weighted by Gasteiger charge is -2.14. The van der Waals surface area contributed by atoms with Crippen LogP contribution in [0, 0.1) is 0 Å². The number of imidazole rings is 1. The van der Waals surface area contributed by atoms with Crippen LogP contribution in [-0.2, 0) is 13.2 Å². The first-order chi connectivity index (χ1) is 19.1. The predicted molar refractivity (Wildman–Crippen MR) is 147 cm³/mol. The van der Waals surface area contributed by atoms with E-state index in [-0.39, 0.29) is 0 Å². The molecule has 0 aliphatic carbocycles. The number of ether oxygens (including phenoxy) is 5. The third-order valence-corrected chi connectivity index (χ3v) is 7.00. The van der Waals surface area contributed by atoms with Crippen molar-refractivity contribution in [1.29, 1.82) is 0 Å². The van der Waals surface area contributed by atoms with E-state index in [1.54, 1.807) is 32.0 Å². The van der Waals surface area contributed by atoms with Gasteiger partial charge in [-0.2, -0.15) is 0 Å². The Labute approximate surface area is 228 Å². The maximum atomic E-state index is 6.27. The topological polar surface area (TPSA) is 89.5 Å². The molecule has 0 saturated heterocycles. The summed E-state index contributed by atoms with van der Waals surface area (Å²) >= 11 is 1.35. The molecule has 0 unspecified atom stereocenters. The standard InChI is InChI=1S/C29H25N3O6S/c1-33-20-12-24(21-14-26(38-25(21)13-20)22-15-32-28(30-22)39-29(31-32)35-3)36-17-19-9-10-23(34-2)27(11-19)37-16-18-7-5-4-6-8-18/h4-15H,16-17H2,1-3H3. The van der Waals surface area contributed by atoms with Crippen LogP contribution in [-0.4, -0.2) is 35.9 Å². The number of hydrogen-bond acceptors (Lipinski definition) is 9. The van der Waals surface area contributed by atoms with Crippen LogP contribution in [0.25, 0.3) is 27.4 Å². The van der Waals surface area contributed by atoms with Crippen molar-refractivity contribution in [2.45, 2.75) is 13.2 Å². The highest BCUT2D eigenvalue weighted by Crippen LogP contribution is 2.38. The Morgan fingerprint density at radius 3 is 2.38 bits per heavy atom. The molecule has 0 amide bonds. The molecule has 0 spiro atoms. The van der Waals surface area contributed by atoms with Crippen LogP contribution in [0.5, 0.6) is 28.2 Å². The SMILES string of the molecule is COc1cc(OCc2ccc(OC)c(OCc3ccccc3)c2)c2cc(-c3cn4nc(OC)sc4n3)oc2c1. The van der Waals surface area contributed by atoms with Gasteiger partial charge in [0.1, 0.15) is 36.0 Å². The van der Waals surface area contributed by atoms with Crippen molar-refractivity contribution in [2.24, 2.45) is 0 Å². The number of aromatic nitrogens is 3. The molecule has 0 aliphatic rings. The third kappa shape index (κ3) is 5.06. The molecule has 9 nitrogen and oxygen atoms in total. The Hall–Kier alpha value is -4.70. The van der Waals surface area contributed by atoms with Gasteiger partial charge in [-0.25, -0.2) is 9.50 Å². The second-order valence-electron chi connectivity index (χ2n) is 8.62. The smallest absolute Gasteiger partial charge is 0.294 e. The first-order valence-corrected chi connectivity index (χ1v) is 12.9. The van der Waals surface area contributed by atoms with E-state index < -0.39 is 0 Å².